The van der Waals surface area contributed by atoms with Crippen LogP contribution in [0.1, 0.15) is 52.9 Å². The first-order valence-electron chi connectivity index (χ1n) is 7.30. The van der Waals surface area contributed by atoms with Crippen LogP contribution < -0.4 is 0 Å². The second-order valence-corrected chi connectivity index (χ2v) is 5.75. The summed E-state index contributed by atoms with van der Waals surface area (Å²) in [6, 6.07) is 2.23. The van der Waals surface area contributed by atoms with E-state index in [1.807, 2.05) is 19.1 Å². The molecule has 112 valence electrons. The molecule has 0 aromatic heterocycles. The number of carboxylic acid groups (broad SMARTS) is 1. The fourth-order valence-corrected chi connectivity index (χ4v) is 1.96. The molecule has 0 aliphatic rings. The van der Waals surface area contributed by atoms with Crippen LogP contribution in [0.3, 0.4) is 0 Å². The molecule has 0 radical (unpaired) electrons. The summed E-state index contributed by atoms with van der Waals surface area (Å²) in [4.78, 5) is 11.3. The molecule has 3 unspecified atom stereocenters. The molecule has 0 spiro atoms. The molecule has 0 heterocycles. The zero-order valence-electron chi connectivity index (χ0n) is 12.9. The minimum absolute atomic E-state index is 0.232. The number of nitriles is 1. The average molecular weight is 277 g/mol. The van der Waals surface area contributed by atoms with E-state index in [1.54, 1.807) is 6.92 Å². The highest BCUT2D eigenvalue weighted by Crippen LogP contribution is 2.31. The van der Waals surface area contributed by atoms with Crippen LogP contribution in [-0.2, 0) is 4.79 Å². The van der Waals surface area contributed by atoms with Crippen LogP contribution in [0.25, 0.3) is 0 Å². The van der Waals surface area contributed by atoms with Gasteiger partial charge < -0.3 is 5.11 Å². The molecule has 0 amide bonds. The summed E-state index contributed by atoms with van der Waals surface area (Å²) in [6.45, 7) is 9.44. The van der Waals surface area contributed by atoms with Gasteiger partial charge in [-0.05, 0) is 44.9 Å². The first-order valence-corrected chi connectivity index (χ1v) is 7.30. The number of carboxylic acids is 1. The largest absolute Gasteiger partial charge is 0.481 e. The maximum atomic E-state index is 11.3. The van der Waals surface area contributed by atoms with E-state index in [4.69, 9.17) is 5.26 Å². The molecule has 0 aliphatic carbocycles. The second kappa shape index (κ2) is 9.36. The van der Waals surface area contributed by atoms with Crippen LogP contribution in [0.2, 0.25) is 0 Å². The van der Waals surface area contributed by atoms with Crippen molar-refractivity contribution in [2.24, 2.45) is 17.3 Å². The lowest BCUT2D eigenvalue weighted by Gasteiger charge is -2.24. The van der Waals surface area contributed by atoms with Gasteiger partial charge in [-0.25, -0.2) is 0 Å². The number of aliphatic carboxylic acids is 1. The molecule has 0 rings (SSSR count). The zero-order valence-corrected chi connectivity index (χ0v) is 12.9. The molecule has 0 aromatic carbocycles. The van der Waals surface area contributed by atoms with Gasteiger partial charge in [0.15, 0.2) is 0 Å². The topological polar surface area (TPSA) is 61.1 Å². The van der Waals surface area contributed by atoms with Crippen molar-refractivity contribution in [1.29, 1.82) is 5.26 Å². The van der Waals surface area contributed by atoms with Crippen molar-refractivity contribution in [3.63, 3.8) is 0 Å². The van der Waals surface area contributed by atoms with Gasteiger partial charge in [0, 0.05) is 0 Å². The number of rotatable bonds is 10. The molecule has 0 aromatic rings. The Bertz CT molecular complexity index is 381. The van der Waals surface area contributed by atoms with Gasteiger partial charge in [-0.1, -0.05) is 32.1 Å². The van der Waals surface area contributed by atoms with Crippen molar-refractivity contribution >= 4 is 5.97 Å². The number of allylic oxidation sites excluding steroid dienone is 3. The highest BCUT2D eigenvalue weighted by atomic mass is 16.4. The summed E-state index contributed by atoms with van der Waals surface area (Å²) < 4.78 is 0. The number of hydrogen-bond acceptors (Lipinski definition) is 2. The monoisotopic (exact) mass is 277 g/mol. The fraction of sp³-hybridized carbons (Fsp3) is 0.647. The molecule has 20 heavy (non-hydrogen) atoms. The van der Waals surface area contributed by atoms with Crippen LogP contribution >= 0.6 is 0 Å². The van der Waals surface area contributed by atoms with Gasteiger partial charge in [0.2, 0.25) is 0 Å². The van der Waals surface area contributed by atoms with Gasteiger partial charge in [0.25, 0.3) is 0 Å². The molecule has 0 saturated carbocycles. The first kappa shape index (κ1) is 18.4. The van der Waals surface area contributed by atoms with E-state index >= 15 is 0 Å². The number of hydrogen-bond donors (Lipinski definition) is 1. The van der Waals surface area contributed by atoms with Crippen molar-refractivity contribution in [3.05, 3.63) is 24.8 Å². The van der Waals surface area contributed by atoms with Crippen molar-refractivity contribution in [2.45, 2.75) is 52.9 Å². The Balaban J connectivity index is 4.30. The van der Waals surface area contributed by atoms with E-state index in [-0.39, 0.29) is 5.92 Å². The number of carbonyl (C=O) groups is 1. The van der Waals surface area contributed by atoms with E-state index in [0.29, 0.717) is 25.2 Å². The summed E-state index contributed by atoms with van der Waals surface area (Å²) in [5.41, 5.74) is -0.800. The van der Waals surface area contributed by atoms with E-state index in [9.17, 15) is 9.90 Å². The Morgan fingerprint density at radius 3 is 2.60 bits per heavy atom. The van der Waals surface area contributed by atoms with Crippen molar-refractivity contribution < 1.29 is 9.90 Å². The van der Waals surface area contributed by atoms with E-state index in [2.05, 4.69) is 25.6 Å². The van der Waals surface area contributed by atoms with Crippen LogP contribution in [0.4, 0.5) is 0 Å². The third-order valence-corrected chi connectivity index (χ3v) is 3.95. The van der Waals surface area contributed by atoms with Crippen LogP contribution in [-0.4, -0.2) is 11.1 Å². The van der Waals surface area contributed by atoms with Gasteiger partial charge in [0.05, 0.1) is 17.4 Å². The normalized spacial score (nSPS) is 17.1. The van der Waals surface area contributed by atoms with E-state index in [0.717, 1.165) is 12.8 Å². The third kappa shape index (κ3) is 6.56. The van der Waals surface area contributed by atoms with Gasteiger partial charge >= 0.3 is 5.97 Å². The maximum absolute atomic E-state index is 11.3. The summed E-state index contributed by atoms with van der Waals surface area (Å²) >= 11 is 0. The average Bonchev–Trinajstić information content (AvgIpc) is 2.44. The Kier molecular flexibility index (Phi) is 8.63. The lowest BCUT2D eigenvalue weighted by Crippen LogP contribution is -2.29. The Morgan fingerprint density at radius 1 is 1.50 bits per heavy atom. The zero-order chi connectivity index (χ0) is 15.6. The molecule has 3 nitrogen and oxygen atoms in total. The molecule has 0 fully saturated rings. The summed E-state index contributed by atoms with van der Waals surface area (Å²) in [6.07, 6.45) is 9.61. The summed E-state index contributed by atoms with van der Waals surface area (Å²) in [5.74, 6) is -0.546. The standard InChI is InChI=1S/C17H27NO2/c1-5-14(3)10-8-7-9-11-15(13-18)12-17(4,6-2)16(19)20/h5,7,9,14-15H,1,6,8,10-12H2,2-4H3,(H,19,20)/b9-7+. The minimum Gasteiger partial charge on any atom is -0.481 e. The highest BCUT2D eigenvalue weighted by Gasteiger charge is 2.33. The third-order valence-electron chi connectivity index (χ3n) is 3.95. The summed E-state index contributed by atoms with van der Waals surface area (Å²) in [7, 11) is 0. The molecule has 0 bridgehead atoms. The molecule has 1 N–H and O–H groups in total. The molecule has 0 saturated heterocycles. The SMILES string of the molecule is C=CC(C)CC/C=C/CC(C#N)CC(C)(CC)C(=O)O. The molecular weight excluding hydrogens is 250 g/mol. The predicted molar refractivity (Wildman–Crippen MR) is 82.1 cm³/mol. The van der Waals surface area contributed by atoms with Gasteiger partial charge in [-0.3, -0.25) is 4.79 Å². The smallest absolute Gasteiger partial charge is 0.309 e. The molecule has 0 aliphatic heterocycles. The minimum atomic E-state index is -0.816. The lowest BCUT2D eigenvalue weighted by atomic mass is 9.78. The van der Waals surface area contributed by atoms with Gasteiger partial charge in [-0.2, -0.15) is 5.26 Å². The Labute approximate surface area is 123 Å². The predicted octanol–water partition coefficient (Wildman–Crippen LogP) is 4.57. The van der Waals surface area contributed by atoms with Crippen molar-refractivity contribution in [2.75, 3.05) is 0 Å². The Hall–Kier alpha value is -1.56. The van der Waals surface area contributed by atoms with Crippen LogP contribution in [0.15, 0.2) is 24.8 Å². The molecular formula is C17H27NO2. The van der Waals surface area contributed by atoms with Crippen molar-refractivity contribution in [1.82, 2.24) is 0 Å². The number of nitrogens with zero attached hydrogens (tertiary/aromatic N) is 1. The first-order chi connectivity index (χ1) is 9.39. The van der Waals surface area contributed by atoms with E-state index in [1.165, 1.54) is 0 Å². The quantitative estimate of drug-likeness (QED) is 0.595. The highest BCUT2D eigenvalue weighted by molar-refractivity contribution is 5.74. The fourth-order valence-electron chi connectivity index (χ4n) is 1.96. The molecule has 3 atom stereocenters. The van der Waals surface area contributed by atoms with Crippen LogP contribution in [0.5, 0.6) is 0 Å². The second-order valence-electron chi connectivity index (χ2n) is 5.75. The maximum Gasteiger partial charge on any atom is 0.309 e. The summed E-state index contributed by atoms with van der Waals surface area (Å²) in [5, 5.41) is 18.4. The Morgan fingerprint density at radius 2 is 2.15 bits per heavy atom. The van der Waals surface area contributed by atoms with Gasteiger partial charge in [0.1, 0.15) is 0 Å². The lowest BCUT2D eigenvalue weighted by molar-refractivity contribution is -0.149. The van der Waals surface area contributed by atoms with E-state index < -0.39 is 11.4 Å². The van der Waals surface area contributed by atoms with Gasteiger partial charge in [-0.15, -0.1) is 6.58 Å². The molecule has 3 heteroatoms. The van der Waals surface area contributed by atoms with Crippen LogP contribution in [0, 0.1) is 28.6 Å². The van der Waals surface area contributed by atoms with Crippen molar-refractivity contribution in [3.8, 4) is 6.07 Å².